The van der Waals surface area contributed by atoms with Crippen molar-refractivity contribution in [3.05, 3.63) is 34.6 Å². The van der Waals surface area contributed by atoms with Crippen LogP contribution in [0.4, 0.5) is 4.39 Å². The Balaban J connectivity index is 1.68. The summed E-state index contributed by atoms with van der Waals surface area (Å²) in [6, 6.07) is 4.79. The largest absolute Gasteiger partial charge is 0.337 e. The van der Waals surface area contributed by atoms with E-state index in [9.17, 15) is 9.18 Å². The molecular formula is C15H19ClFN3O. The maximum Gasteiger partial charge on any atom is 0.255 e. The molecule has 3 rings (SSSR count). The van der Waals surface area contributed by atoms with Crippen LogP contribution in [-0.2, 0) is 0 Å². The molecule has 1 aromatic carbocycles. The van der Waals surface area contributed by atoms with Crippen LogP contribution < -0.4 is 5.32 Å². The Morgan fingerprint density at radius 2 is 2.05 bits per heavy atom. The van der Waals surface area contributed by atoms with Gasteiger partial charge in [-0.25, -0.2) is 4.39 Å². The second-order valence-corrected chi connectivity index (χ2v) is 5.96. The summed E-state index contributed by atoms with van der Waals surface area (Å²) in [5.41, 5.74) is 0.262. The Labute approximate surface area is 128 Å². The van der Waals surface area contributed by atoms with Crippen LogP contribution in [-0.4, -0.2) is 61.0 Å². The zero-order valence-electron chi connectivity index (χ0n) is 11.8. The van der Waals surface area contributed by atoms with E-state index in [1.165, 1.54) is 12.1 Å². The molecule has 1 amide bonds. The van der Waals surface area contributed by atoms with Gasteiger partial charge in [-0.1, -0.05) is 17.7 Å². The van der Waals surface area contributed by atoms with Crippen LogP contribution >= 0.6 is 11.6 Å². The predicted octanol–water partition coefficient (Wildman–Crippen LogP) is 1.60. The minimum Gasteiger partial charge on any atom is -0.337 e. The molecule has 1 atom stereocenters. The van der Waals surface area contributed by atoms with Crippen LogP contribution in [0.5, 0.6) is 0 Å². The first-order chi connectivity index (χ1) is 10.2. The van der Waals surface area contributed by atoms with Crippen LogP contribution in [0.15, 0.2) is 18.2 Å². The number of nitrogens with zero attached hydrogens (tertiary/aromatic N) is 2. The molecule has 0 radical (unpaired) electrons. The number of amides is 1. The van der Waals surface area contributed by atoms with Gasteiger partial charge in [-0.15, -0.1) is 0 Å². The fourth-order valence-electron chi connectivity index (χ4n) is 3.11. The third-order valence-electron chi connectivity index (χ3n) is 4.30. The average Bonchev–Trinajstić information content (AvgIpc) is 3.00. The monoisotopic (exact) mass is 311 g/mol. The van der Waals surface area contributed by atoms with Crippen molar-refractivity contribution >= 4 is 17.5 Å². The summed E-state index contributed by atoms with van der Waals surface area (Å²) in [5, 5.41) is 3.25. The Morgan fingerprint density at radius 1 is 1.29 bits per heavy atom. The normalized spacial score (nSPS) is 23.5. The van der Waals surface area contributed by atoms with Gasteiger partial charge in [0.1, 0.15) is 5.82 Å². The summed E-state index contributed by atoms with van der Waals surface area (Å²) >= 11 is 5.91. The van der Waals surface area contributed by atoms with Crippen molar-refractivity contribution in [1.29, 1.82) is 0 Å². The number of rotatable bonds is 2. The van der Waals surface area contributed by atoms with Gasteiger partial charge in [0.15, 0.2) is 0 Å². The molecule has 6 heteroatoms. The highest BCUT2D eigenvalue weighted by Crippen LogP contribution is 2.24. The summed E-state index contributed by atoms with van der Waals surface area (Å²) in [7, 11) is 0. The number of piperazine rings is 1. The summed E-state index contributed by atoms with van der Waals surface area (Å²) in [4.78, 5) is 16.7. The number of halogens is 2. The van der Waals surface area contributed by atoms with E-state index in [1.54, 1.807) is 11.0 Å². The lowest BCUT2D eigenvalue weighted by Crippen LogP contribution is -2.49. The Morgan fingerprint density at radius 3 is 2.81 bits per heavy atom. The van der Waals surface area contributed by atoms with Crippen molar-refractivity contribution in [2.45, 2.75) is 12.5 Å². The van der Waals surface area contributed by atoms with Crippen molar-refractivity contribution in [2.24, 2.45) is 0 Å². The third kappa shape index (κ3) is 3.05. The molecule has 1 N–H and O–H groups in total. The van der Waals surface area contributed by atoms with Crippen molar-refractivity contribution in [1.82, 2.24) is 15.1 Å². The van der Waals surface area contributed by atoms with Crippen LogP contribution in [0, 0.1) is 5.82 Å². The van der Waals surface area contributed by atoms with Gasteiger partial charge < -0.3 is 10.2 Å². The molecule has 2 saturated heterocycles. The van der Waals surface area contributed by atoms with Crippen molar-refractivity contribution in [3.63, 3.8) is 0 Å². The average molecular weight is 312 g/mol. The standard InChI is InChI=1S/C15H19ClFN3O/c16-14-12(2-1-3-13(14)17)15(21)20-7-4-11(10-20)19-8-5-18-6-9-19/h1-3,11,18H,4-10H2. The van der Waals surface area contributed by atoms with E-state index < -0.39 is 5.82 Å². The van der Waals surface area contributed by atoms with Gasteiger partial charge in [0.2, 0.25) is 0 Å². The summed E-state index contributed by atoms with van der Waals surface area (Å²) in [6.07, 6.45) is 0.971. The van der Waals surface area contributed by atoms with Crippen LogP contribution in [0.2, 0.25) is 5.02 Å². The molecule has 2 aliphatic heterocycles. The number of hydrogen-bond acceptors (Lipinski definition) is 3. The summed E-state index contributed by atoms with van der Waals surface area (Å²) in [6.45, 7) is 5.45. The first-order valence-corrected chi connectivity index (χ1v) is 7.72. The van der Waals surface area contributed by atoms with Crippen LogP contribution in [0.25, 0.3) is 0 Å². The molecule has 0 spiro atoms. The fraction of sp³-hybridized carbons (Fsp3) is 0.533. The molecule has 1 aromatic rings. The van der Waals surface area contributed by atoms with E-state index in [-0.39, 0.29) is 16.5 Å². The zero-order chi connectivity index (χ0) is 14.8. The van der Waals surface area contributed by atoms with Crippen molar-refractivity contribution in [2.75, 3.05) is 39.3 Å². The highest BCUT2D eigenvalue weighted by Gasteiger charge is 2.32. The molecule has 0 aromatic heterocycles. The number of nitrogens with one attached hydrogen (secondary N) is 1. The van der Waals surface area contributed by atoms with Crippen molar-refractivity contribution < 1.29 is 9.18 Å². The molecule has 114 valence electrons. The van der Waals surface area contributed by atoms with E-state index in [0.29, 0.717) is 19.1 Å². The van der Waals surface area contributed by atoms with Crippen molar-refractivity contribution in [3.8, 4) is 0 Å². The van der Waals surface area contributed by atoms with Gasteiger partial charge in [0, 0.05) is 45.3 Å². The molecule has 21 heavy (non-hydrogen) atoms. The number of benzene rings is 1. The van der Waals surface area contributed by atoms with Crippen LogP contribution in [0.1, 0.15) is 16.8 Å². The second kappa shape index (κ2) is 6.30. The van der Waals surface area contributed by atoms with Crippen LogP contribution in [0.3, 0.4) is 0 Å². The SMILES string of the molecule is O=C(c1cccc(F)c1Cl)N1CCC(N2CCNCC2)C1. The lowest BCUT2D eigenvalue weighted by Gasteiger charge is -2.32. The van der Waals surface area contributed by atoms with Gasteiger partial charge in [-0.3, -0.25) is 9.69 Å². The maximum absolute atomic E-state index is 13.5. The molecular weight excluding hydrogens is 293 g/mol. The van der Waals surface area contributed by atoms with E-state index in [1.807, 2.05) is 0 Å². The van der Waals surface area contributed by atoms with Gasteiger partial charge >= 0.3 is 0 Å². The predicted molar refractivity (Wildman–Crippen MR) is 80.2 cm³/mol. The number of carbonyl (C=O) groups is 1. The molecule has 1 unspecified atom stereocenters. The number of hydrogen-bond donors (Lipinski definition) is 1. The first kappa shape index (κ1) is 14.8. The minimum absolute atomic E-state index is 0.0758. The maximum atomic E-state index is 13.5. The number of carbonyl (C=O) groups excluding carboxylic acids is 1. The lowest BCUT2D eigenvalue weighted by atomic mass is 10.2. The summed E-state index contributed by atoms with van der Waals surface area (Å²) < 4.78 is 13.5. The van der Waals surface area contributed by atoms with E-state index in [0.717, 1.165) is 32.6 Å². The molecule has 2 aliphatic rings. The lowest BCUT2D eigenvalue weighted by molar-refractivity contribution is 0.0773. The fourth-order valence-corrected chi connectivity index (χ4v) is 3.32. The topological polar surface area (TPSA) is 35.6 Å². The molecule has 0 bridgehead atoms. The zero-order valence-corrected chi connectivity index (χ0v) is 12.6. The summed E-state index contributed by atoms with van der Waals surface area (Å²) in [5.74, 6) is -0.711. The molecule has 0 aliphatic carbocycles. The van der Waals surface area contributed by atoms with Gasteiger partial charge in [0.25, 0.3) is 5.91 Å². The molecule has 4 nitrogen and oxygen atoms in total. The van der Waals surface area contributed by atoms with E-state index in [4.69, 9.17) is 11.6 Å². The van der Waals surface area contributed by atoms with Gasteiger partial charge in [-0.2, -0.15) is 0 Å². The van der Waals surface area contributed by atoms with Gasteiger partial charge in [-0.05, 0) is 18.6 Å². The first-order valence-electron chi connectivity index (χ1n) is 7.35. The molecule has 2 fully saturated rings. The number of likely N-dealkylation sites (tertiary alicyclic amines) is 1. The highest BCUT2D eigenvalue weighted by molar-refractivity contribution is 6.34. The Bertz CT molecular complexity index is 534. The molecule has 0 saturated carbocycles. The Kier molecular flexibility index (Phi) is 4.42. The molecule has 2 heterocycles. The quantitative estimate of drug-likeness (QED) is 0.901. The Hall–Kier alpha value is -1.17. The second-order valence-electron chi connectivity index (χ2n) is 5.58. The highest BCUT2D eigenvalue weighted by atomic mass is 35.5. The van der Waals surface area contributed by atoms with E-state index in [2.05, 4.69) is 10.2 Å². The van der Waals surface area contributed by atoms with Gasteiger partial charge in [0.05, 0.1) is 10.6 Å². The minimum atomic E-state index is -0.541. The van der Waals surface area contributed by atoms with E-state index >= 15 is 0 Å². The smallest absolute Gasteiger partial charge is 0.255 e. The third-order valence-corrected chi connectivity index (χ3v) is 4.68.